The van der Waals surface area contributed by atoms with Gasteiger partial charge >= 0.3 is 0 Å². The molecular formula is C26H25ClN4O. The topological polar surface area (TPSA) is 41.4 Å². The number of halogens is 1. The van der Waals surface area contributed by atoms with E-state index in [1.807, 2.05) is 29.2 Å². The first-order chi connectivity index (χ1) is 15.7. The summed E-state index contributed by atoms with van der Waals surface area (Å²) in [7, 11) is 0. The summed E-state index contributed by atoms with van der Waals surface area (Å²) >= 11 is 6.23. The summed E-state index contributed by atoms with van der Waals surface area (Å²) in [6, 6.07) is 26.0. The predicted molar refractivity (Wildman–Crippen MR) is 128 cm³/mol. The third-order valence-corrected chi connectivity index (χ3v) is 6.38. The maximum atomic E-state index is 12.9. The minimum Gasteiger partial charge on any atom is -0.336 e. The summed E-state index contributed by atoms with van der Waals surface area (Å²) in [4.78, 5) is 22.1. The fourth-order valence-electron chi connectivity index (χ4n) is 4.30. The van der Waals surface area contributed by atoms with Gasteiger partial charge in [0.05, 0.1) is 28.2 Å². The first-order valence-corrected chi connectivity index (χ1v) is 11.3. The highest BCUT2D eigenvalue weighted by Gasteiger charge is 2.24. The predicted octanol–water partition coefficient (Wildman–Crippen LogP) is 4.70. The number of hydrogen-bond acceptors (Lipinski definition) is 3. The van der Waals surface area contributed by atoms with Crippen LogP contribution in [-0.2, 0) is 13.1 Å². The molecule has 32 heavy (non-hydrogen) atoms. The number of amides is 1. The first-order valence-electron chi connectivity index (χ1n) is 10.9. The largest absolute Gasteiger partial charge is 0.336 e. The number of piperazine rings is 1. The zero-order valence-electron chi connectivity index (χ0n) is 17.8. The van der Waals surface area contributed by atoms with E-state index in [9.17, 15) is 4.79 Å². The number of imidazole rings is 1. The molecule has 0 atom stereocenters. The number of fused-ring (bicyclic) bond motifs is 1. The molecule has 5 rings (SSSR count). The second-order valence-electron chi connectivity index (χ2n) is 8.14. The summed E-state index contributed by atoms with van der Waals surface area (Å²) in [6.07, 6.45) is 0. The van der Waals surface area contributed by atoms with E-state index >= 15 is 0 Å². The standard InChI is InChI=1S/C26H25ClN4O/c27-22-11-5-4-10-21(22)26(32)30-16-14-29(15-17-30)19-25-28-23-12-6-7-13-24(23)31(25)18-20-8-2-1-3-9-20/h1-13H,14-19H2. The van der Waals surface area contributed by atoms with Crippen LogP contribution in [0.5, 0.6) is 0 Å². The Kier molecular flexibility index (Phi) is 5.93. The van der Waals surface area contributed by atoms with Crippen molar-refractivity contribution in [3.05, 3.63) is 101 Å². The monoisotopic (exact) mass is 444 g/mol. The molecule has 0 saturated carbocycles. The van der Waals surface area contributed by atoms with E-state index in [-0.39, 0.29) is 5.91 Å². The lowest BCUT2D eigenvalue weighted by Gasteiger charge is -2.34. The fourth-order valence-corrected chi connectivity index (χ4v) is 4.52. The molecule has 0 unspecified atom stereocenters. The number of benzene rings is 3. The lowest BCUT2D eigenvalue weighted by molar-refractivity contribution is 0.0624. The van der Waals surface area contributed by atoms with Gasteiger partial charge in [0.2, 0.25) is 0 Å². The Morgan fingerprint density at radius 3 is 2.28 bits per heavy atom. The number of para-hydroxylation sites is 2. The van der Waals surface area contributed by atoms with Gasteiger partial charge in [0.25, 0.3) is 5.91 Å². The van der Waals surface area contributed by atoms with Gasteiger partial charge in [0, 0.05) is 32.7 Å². The molecule has 0 aliphatic carbocycles. The van der Waals surface area contributed by atoms with Crippen molar-refractivity contribution in [1.82, 2.24) is 19.4 Å². The van der Waals surface area contributed by atoms with Gasteiger partial charge in [-0.25, -0.2) is 4.98 Å². The number of rotatable bonds is 5. The van der Waals surface area contributed by atoms with E-state index in [1.165, 1.54) is 5.56 Å². The van der Waals surface area contributed by atoms with Crippen LogP contribution in [0.3, 0.4) is 0 Å². The molecule has 1 fully saturated rings. The fraction of sp³-hybridized carbons (Fsp3) is 0.231. The van der Waals surface area contributed by atoms with Crippen molar-refractivity contribution in [2.75, 3.05) is 26.2 Å². The van der Waals surface area contributed by atoms with Crippen LogP contribution in [0.25, 0.3) is 11.0 Å². The molecule has 0 radical (unpaired) electrons. The summed E-state index contributed by atoms with van der Waals surface area (Å²) in [5, 5.41) is 0.509. The van der Waals surface area contributed by atoms with E-state index < -0.39 is 0 Å². The van der Waals surface area contributed by atoms with Crippen molar-refractivity contribution in [1.29, 1.82) is 0 Å². The van der Waals surface area contributed by atoms with Gasteiger partial charge in [0.15, 0.2) is 0 Å². The average molecular weight is 445 g/mol. The van der Waals surface area contributed by atoms with Gasteiger partial charge in [0.1, 0.15) is 5.82 Å². The molecule has 2 heterocycles. The van der Waals surface area contributed by atoms with Crippen LogP contribution in [0.15, 0.2) is 78.9 Å². The van der Waals surface area contributed by atoms with Crippen LogP contribution in [0.4, 0.5) is 0 Å². The second-order valence-corrected chi connectivity index (χ2v) is 8.54. The average Bonchev–Trinajstić information content (AvgIpc) is 3.17. The van der Waals surface area contributed by atoms with Crippen molar-refractivity contribution in [3.8, 4) is 0 Å². The van der Waals surface area contributed by atoms with Crippen LogP contribution >= 0.6 is 11.6 Å². The van der Waals surface area contributed by atoms with E-state index in [2.05, 4.69) is 51.9 Å². The zero-order chi connectivity index (χ0) is 21.9. The molecule has 6 heteroatoms. The van der Waals surface area contributed by atoms with Crippen LogP contribution in [-0.4, -0.2) is 51.4 Å². The van der Waals surface area contributed by atoms with Crippen LogP contribution in [0.2, 0.25) is 5.02 Å². The Morgan fingerprint density at radius 2 is 1.50 bits per heavy atom. The molecule has 0 bridgehead atoms. The normalized spacial score (nSPS) is 14.7. The molecule has 1 aromatic heterocycles. The summed E-state index contributed by atoms with van der Waals surface area (Å²) in [5.41, 5.74) is 4.00. The molecule has 1 amide bonds. The Labute approximate surface area is 192 Å². The molecule has 1 saturated heterocycles. The van der Waals surface area contributed by atoms with E-state index in [1.54, 1.807) is 12.1 Å². The molecule has 4 aromatic rings. The maximum absolute atomic E-state index is 12.9. The number of nitrogens with zero attached hydrogens (tertiary/aromatic N) is 4. The lowest BCUT2D eigenvalue weighted by Crippen LogP contribution is -2.48. The van der Waals surface area contributed by atoms with Crippen LogP contribution in [0, 0.1) is 0 Å². The van der Waals surface area contributed by atoms with Crippen molar-refractivity contribution in [3.63, 3.8) is 0 Å². The quantitative estimate of drug-likeness (QED) is 0.448. The van der Waals surface area contributed by atoms with Gasteiger partial charge < -0.3 is 9.47 Å². The molecule has 0 spiro atoms. The molecular weight excluding hydrogens is 420 g/mol. The Hall–Kier alpha value is -3.15. The first kappa shape index (κ1) is 20.7. The third-order valence-electron chi connectivity index (χ3n) is 6.05. The highest BCUT2D eigenvalue weighted by atomic mass is 35.5. The third kappa shape index (κ3) is 4.27. The smallest absolute Gasteiger partial charge is 0.255 e. The number of hydrogen-bond donors (Lipinski definition) is 0. The number of aromatic nitrogens is 2. The van der Waals surface area contributed by atoms with Gasteiger partial charge in [-0.3, -0.25) is 9.69 Å². The Morgan fingerprint density at radius 1 is 0.812 bits per heavy atom. The van der Waals surface area contributed by atoms with Crippen molar-refractivity contribution >= 4 is 28.5 Å². The minimum atomic E-state index is 0.00608. The zero-order valence-corrected chi connectivity index (χ0v) is 18.6. The van der Waals surface area contributed by atoms with Crippen molar-refractivity contribution in [2.45, 2.75) is 13.1 Å². The van der Waals surface area contributed by atoms with Gasteiger partial charge in [-0.15, -0.1) is 0 Å². The van der Waals surface area contributed by atoms with E-state index in [4.69, 9.17) is 16.6 Å². The van der Waals surface area contributed by atoms with Gasteiger partial charge in [-0.1, -0.05) is 66.2 Å². The number of carbonyl (C=O) groups is 1. The molecule has 162 valence electrons. The maximum Gasteiger partial charge on any atom is 0.255 e. The number of carbonyl (C=O) groups excluding carboxylic acids is 1. The highest BCUT2D eigenvalue weighted by molar-refractivity contribution is 6.33. The Bertz CT molecular complexity index is 1230. The molecule has 1 aliphatic rings. The van der Waals surface area contributed by atoms with Gasteiger partial charge in [-0.05, 0) is 29.8 Å². The van der Waals surface area contributed by atoms with Crippen molar-refractivity contribution in [2.24, 2.45) is 0 Å². The lowest BCUT2D eigenvalue weighted by atomic mass is 10.2. The molecule has 3 aromatic carbocycles. The van der Waals surface area contributed by atoms with Gasteiger partial charge in [-0.2, -0.15) is 0 Å². The second kappa shape index (κ2) is 9.15. The Balaban J connectivity index is 1.31. The minimum absolute atomic E-state index is 0.00608. The van der Waals surface area contributed by atoms with E-state index in [0.29, 0.717) is 23.7 Å². The van der Waals surface area contributed by atoms with Crippen LogP contribution < -0.4 is 0 Å². The SMILES string of the molecule is O=C(c1ccccc1Cl)N1CCN(Cc2nc3ccccc3n2Cc2ccccc2)CC1. The summed E-state index contributed by atoms with van der Waals surface area (Å²) in [5.74, 6) is 1.06. The van der Waals surface area contributed by atoms with Crippen LogP contribution in [0.1, 0.15) is 21.7 Å². The molecule has 5 nitrogen and oxygen atoms in total. The highest BCUT2D eigenvalue weighted by Crippen LogP contribution is 2.21. The summed E-state index contributed by atoms with van der Waals surface area (Å²) < 4.78 is 2.31. The summed E-state index contributed by atoms with van der Waals surface area (Å²) in [6.45, 7) is 4.54. The molecule has 0 N–H and O–H groups in total. The van der Waals surface area contributed by atoms with E-state index in [0.717, 1.165) is 43.0 Å². The molecule has 1 aliphatic heterocycles. The van der Waals surface area contributed by atoms with Crippen molar-refractivity contribution < 1.29 is 4.79 Å².